The molecule has 0 unspecified atom stereocenters. The highest BCUT2D eigenvalue weighted by Gasteiger charge is 2.13. The van der Waals surface area contributed by atoms with Crippen molar-refractivity contribution in [2.24, 2.45) is 0 Å². The number of hydrogen-bond acceptors (Lipinski definition) is 6. The Labute approximate surface area is 256 Å². The van der Waals surface area contributed by atoms with Gasteiger partial charge in [-0.3, -0.25) is 9.59 Å². The molecule has 0 bridgehead atoms. The lowest BCUT2D eigenvalue weighted by Gasteiger charge is -2.17. The number of amides is 1. The zero-order valence-electron chi connectivity index (χ0n) is 25.0. The summed E-state index contributed by atoms with van der Waals surface area (Å²) in [5.74, 6) is 2.35. The molecule has 5 aromatic rings. The Bertz CT molecular complexity index is 1800. The summed E-state index contributed by atoms with van der Waals surface area (Å²) in [6, 6.07) is 25.2. The van der Waals surface area contributed by atoms with E-state index in [-0.39, 0.29) is 17.8 Å². The lowest BCUT2D eigenvalue weighted by Crippen LogP contribution is -2.19. The normalized spacial score (nSPS) is 11.3. The Hall–Kier alpha value is -4.27. The van der Waals surface area contributed by atoms with Crippen molar-refractivity contribution in [3.8, 4) is 11.5 Å². The minimum absolute atomic E-state index is 0.0210. The van der Waals surface area contributed by atoms with E-state index in [0.717, 1.165) is 64.0 Å². The van der Waals surface area contributed by atoms with E-state index >= 15 is 0 Å². The Balaban J connectivity index is 1.12. The number of carbonyl (C=O) groups is 1. The van der Waals surface area contributed by atoms with Gasteiger partial charge in [0.25, 0.3) is 0 Å². The molecule has 5 rings (SSSR count). The van der Waals surface area contributed by atoms with Gasteiger partial charge in [-0.25, -0.2) is 0 Å². The van der Waals surface area contributed by atoms with Crippen LogP contribution in [0.25, 0.3) is 21.8 Å². The van der Waals surface area contributed by atoms with Gasteiger partial charge in [-0.05, 0) is 97.9 Å². The van der Waals surface area contributed by atoms with Crippen molar-refractivity contribution < 1.29 is 14.3 Å². The molecule has 0 atom stereocenters. The van der Waals surface area contributed by atoms with Gasteiger partial charge in [-0.1, -0.05) is 30.3 Å². The first-order valence-corrected chi connectivity index (χ1v) is 15.3. The summed E-state index contributed by atoms with van der Waals surface area (Å²) in [6.07, 6.45) is 1.22. The molecule has 7 nitrogen and oxygen atoms in total. The predicted molar refractivity (Wildman–Crippen MR) is 177 cm³/mol. The van der Waals surface area contributed by atoms with Crippen molar-refractivity contribution >= 4 is 45.2 Å². The van der Waals surface area contributed by atoms with E-state index in [1.165, 1.54) is 5.56 Å². The summed E-state index contributed by atoms with van der Waals surface area (Å²) in [5.41, 5.74) is 5.22. The third-order valence-electron chi connectivity index (χ3n) is 7.51. The van der Waals surface area contributed by atoms with Gasteiger partial charge in [0.2, 0.25) is 5.91 Å². The highest BCUT2D eigenvalue weighted by atomic mass is 32.2. The highest BCUT2D eigenvalue weighted by molar-refractivity contribution is 7.99. The first-order valence-electron chi connectivity index (χ1n) is 14.3. The van der Waals surface area contributed by atoms with Crippen molar-refractivity contribution in [2.75, 3.05) is 38.9 Å². The SMILES string of the molecule is COc1ccc(CN(C)CCCSc2ccc(NC(=O)Cc3cccc4c(=O)c5cccc(C)c5[nH]c34)cc2)cc1OC. The number of aromatic nitrogens is 1. The Morgan fingerprint density at radius 1 is 0.907 bits per heavy atom. The molecule has 0 radical (unpaired) electrons. The van der Waals surface area contributed by atoms with Gasteiger partial charge in [0.1, 0.15) is 0 Å². The summed E-state index contributed by atoms with van der Waals surface area (Å²) in [7, 11) is 5.42. The number of carbonyl (C=O) groups excluding carboxylic acids is 1. The lowest BCUT2D eigenvalue weighted by molar-refractivity contribution is -0.115. The number of para-hydroxylation sites is 2. The van der Waals surface area contributed by atoms with Crippen molar-refractivity contribution in [3.63, 3.8) is 0 Å². The number of pyridine rings is 1. The van der Waals surface area contributed by atoms with Crippen LogP contribution in [0.1, 0.15) is 23.1 Å². The zero-order chi connectivity index (χ0) is 30.3. The molecule has 0 saturated heterocycles. The average Bonchev–Trinajstić information content (AvgIpc) is 3.01. The average molecular weight is 596 g/mol. The highest BCUT2D eigenvalue weighted by Crippen LogP contribution is 2.28. The maximum absolute atomic E-state index is 13.1. The smallest absolute Gasteiger partial charge is 0.228 e. The number of aryl methyl sites for hydroxylation is 1. The first-order chi connectivity index (χ1) is 20.9. The second-order valence-electron chi connectivity index (χ2n) is 10.7. The van der Waals surface area contributed by atoms with Crippen LogP contribution in [0.4, 0.5) is 5.69 Å². The van der Waals surface area contributed by atoms with Gasteiger partial charge in [0, 0.05) is 27.9 Å². The molecule has 4 aromatic carbocycles. The summed E-state index contributed by atoms with van der Waals surface area (Å²) < 4.78 is 10.7. The molecule has 0 aliphatic carbocycles. The number of aromatic amines is 1. The van der Waals surface area contributed by atoms with Crippen LogP contribution in [-0.2, 0) is 17.8 Å². The van der Waals surface area contributed by atoms with Crippen LogP contribution >= 0.6 is 11.8 Å². The quantitative estimate of drug-likeness (QED) is 0.0938. The number of hydrogen-bond donors (Lipinski definition) is 2. The molecule has 222 valence electrons. The van der Waals surface area contributed by atoms with Crippen molar-refractivity contribution in [2.45, 2.75) is 31.2 Å². The first kappa shape index (κ1) is 30.2. The topological polar surface area (TPSA) is 83.7 Å². The zero-order valence-corrected chi connectivity index (χ0v) is 25.8. The van der Waals surface area contributed by atoms with Gasteiger partial charge < -0.3 is 24.7 Å². The van der Waals surface area contributed by atoms with E-state index in [0.29, 0.717) is 16.3 Å². The van der Waals surface area contributed by atoms with Crippen LogP contribution in [0.15, 0.2) is 88.6 Å². The molecule has 0 fully saturated rings. The number of H-pyrrole nitrogens is 1. The molecule has 2 N–H and O–H groups in total. The second-order valence-corrected chi connectivity index (χ2v) is 11.8. The monoisotopic (exact) mass is 595 g/mol. The van der Waals surface area contributed by atoms with Crippen LogP contribution in [0.5, 0.6) is 11.5 Å². The number of rotatable bonds is 12. The van der Waals surface area contributed by atoms with Gasteiger partial charge >= 0.3 is 0 Å². The molecule has 0 spiro atoms. The lowest BCUT2D eigenvalue weighted by atomic mass is 10.0. The number of nitrogens with one attached hydrogen (secondary N) is 2. The molecule has 43 heavy (non-hydrogen) atoms. The fraction of sp³-hybridized carbons (Fsp3) is 0.257. The number of ether oxygens (including phenoxy) is 2. The number of methoxy groups -OCH3 is 2. The van der Waals surface area contributed by atoms with E-state index in [4.69, 9.17) is 9.47 Å². The number of anilines is 1. The Morgan fingerprint density at radius 3 is 2.37 bits per heavy atom. The van der Waals surface area contributed by atoms with E-state index in [9.17, 15) is 9.59 Å². The largest absolute Gasteiger partial charge is 0.493 e. The fourth-order valence-electron chi connectivity index (χ4n) is 5.28. The van der Waals surface area contributed by atoms with Crippen molar-refractivity contribution in [1.82, 2.24) is 9.88 Å². The molecule has 8 heteroatoms. The minimum atomic E-state index is -0.129. The molecule has 0 saturated carbocycles. The van der Waals surface area contributed by atoms with Crippen molar-refractivity contribution in [1.29, 1.82) is 0 Å². The van der Waals surface area contributed by atoms with Crippen LogP contribution in [0.3, 0.4) is 0 Å². The summed E-state index contributed by atoms with van der Waals surface area (Å²) in [4.78, 5) is 33.0. The van der Waals surface area contributed by atoms with Crippen LogP contribution in [0, 0.1) is 6.92 Å². The number of fused-ring (bicyclic) bond motifs is 2. The third kappa shape index (κ3) is 7.21. The molecule has 1 amide bonds. The number of nitrogens with zero attached hydrogens (tertiary/aromatic N) is 1. The van der Waals surface area contributed by atoms with Gasteiger partial charge in [0.05, 0.1) is 31.7 Å². The van der Waals surface area contributed by atoms with Gasteiger partial charge in [-0.15, -0.1) is 11.8 Å². The molecule has 0 aliphatic rings. The summed E-state index contributed by atoms with van der Waals surface area (Å²) in [5, 5.41) is 4.26. The maximum atomic E-state index is 13.1. The minimum Gasteiger partial charge on any atom is -0.493 e. The number of thioether (sulfide) groups is 1. The van der Waals surface area contributed by atoms with E-state index < -0.39 is 0 Å². The fourth-order valence-corrected chi connectivity index (χ4v) is 6.12. The molecular weight excluding hydrogens is 558 g/mol. The van der Waals surface area contributed by atoms with Crippen LogP contribution < -0.4 is 20.2 Å². The summed E-state index contributed by atoms with van der Waals surface area (Å²) >= 11 is 1.81. The molecule has 1 aromatic heterocycles. The van der Waals surface area contributed by atoms with E-state index in [1.807, 2.05) is 79.7 Å². The Kier molecular flexibility index (Phi) is 9.69. The van der Waals surface area contributed by atoms with Crippen LogP contribution in [-0.4, -0.2) is 49.4 Å². The third-order valence-corrected chi connectivity index (χ3v) is 8.60. The number of benzene rings is 4. The predicted octanol–water partition coefficient (Wildman–Crippen LogP) is 6.80. The molecule has 1 heterocycles. The van der Waals surface area contributed by atoms with Crippen molar-refractivity contribution in [3.05, 3.63) is 106 Å². The van der Waals surface area contributed by atoms with E-state index in [1.54, 1.807) is 26.0 Å². The van der Waals surface area contributed by atoms with Gasteiger partial charge in [0.15, 0.2) is 16.9 Å². The second kappa shape index (κ2) is 13.8. The van der Waals surface area contributed by atoms with Crippen LogP contribution in [0.2, 0.25) is 0 Å². The van der Waals surface area contributed by atoms with E-state index in [2.05, 4.69) is 28.3 Å². The maximum Gasteiger partial charge on any atom is 0.228 e. The summed E-state index contributed by atoms with van der Waals surface area (Å²) in [6.45, 7) is 3.79. The standard InChI is InChI=1S/C35H37N3O4S/c1-23-8-5-10-28-33(23)37-34-25(9-6-11-29(34)35(28)40)21-32(39)36-26-13-15-27(16-14-26)43-19-7-18-38(2)22-24-12-17-30(41-3)31(20-24)42-4/h5-6,8-17,20H,7,18-19,21-22H2,1-4H3,(H,36,39)(H,37,40). The molecule has 0 aliphatic heterocycles. The molecular formula is C35H37N3O4S. The Morgan fingerprint density at radius 2 is 1.63 bits per heavy atom. The van der Waals surface area contributed by atoms with Gasteiger partial charge in [-0.2, -0.15) is 0 Å².